The van der Waals surface area contributed by atoms with Crippen LogP contribution in [0.2, 0.25) is 0 Å². The number of allylic oxidation sites excluding steroid dienone is 3. The Bertz CT molecular complexity index is 500. The standard InChI is InChI=1S/C16H16O/c17-14-9-12-7-6-11-8-13(16(14)15(11)12)10-4-2-1-3-5-10/h1-8,11-12,14-17H,9H2/t11-,12-,14+,15+,16-/m0/s1. The van der Waals surface area contributed by atoms with Crippen LogP contribution in [0.5, 0.6) is 0 Å². The second-order valence-electron chi connectivity index (χ2n) is 5.52. The van der Waals surface area contributed by atoms with Gasteiger partial charge in [0.05, 0.1) is 6.10 Å². The van der Waals surface area contributed by atoms with Gasteiger partial charge < -0.3 is 5.11 Å². The first-order valence-corrected chi connectivity index (χ1v) is 6.48. The highest BCUT2D eigenvalue weighted by atomic mass is 16.3. The smallest absolute Gasteiger partial charge is 0.0617 e. The zero-order chi connectivity index (χ0) is 11.4. The minimum absolute atomic E-state index is 0.147. The topological polar surface area (TPSA) is 20.2 Å². The molecule has 0 unspecified atom stereocenters. The third-order valence-electron chi connectivity index (χ3n) is 4.70. The van der Waals surface area contributed by atoms with E-state index in [-0.39, 0.29) is 6.10 Å². The first-order valence-electron chi connectivity index (χ1n) is 6.48. The molecule has 1 heteroatoms. The molecule has 1 nitrogen and oxygen atoms in total. The van der Waals surface area contributed by atoms with Gasteiger partial charge in [-0.25, -0.2) is 0 Å². The number of hydrogen-bond acceptors (Lipinski definition) is 1. The Balaban J connectivity index is 1.80. The fourth-order valence-corrected chi connectivity index (χ4v) is 4.06. The summed E-state index contributed by atoms with van der Waals surface area (Å²) in [5.41, 5.74) is 2.67. The van der Waals surface area contributed by atoms with Gasteiger partial charge in [-0.2, -0.15) is 0 Å². The Morgan fingerprint density at radius 3 is 2.71 bits per heavy atom. The highest BCUT2D eigenvalue weighted by Crippen LogP contribution is 2.57. The molecule has 0 saturated heterocycles. The quantitative estimate of drug-likeness (QED) is 0.727. The van der Waals surface area contributed by atoms with Crippen molar-refractivity contribution in [2.75, 3.05) is 0 Å². The van der Waals surface area contributed by atoms with E-state index in [2.05, 4.69) is 42.5 Å². The molecule has 17 heavy (non-hydrogen) atoms. The summed E-state index contributed by atoms with van der Waals surface area (Å²) in [4.78, 5) is 0. The molecule has 0 radical (unpaired) electrons. The van der Waals surface area contributed by atoms with Gasteiger partial charge in [0.1, 0.15) is 0 Å². The second kappa shape index (κ2) is 3.33. The molecule has 0 aliphatic heterocycles. The summed E-state index contributed by atoms with van der Waals surface area (Å²) in [6.07, 6.45) is 7.84. The summed E-state index contributed by atoms with van der Waals surface area (Å²) < 4.78 is 0. The van der Waals surface area contributed by atoms with Crippen LogP contribution in [0.4, 0.5) is 0 Å². The Labute approximate surface area is 101 Å². The lowest BCUT2D eigenvalue weighted by Gasteiger charge is -2.19. The van der Waals surface area contributed by atoms with Crippen molar-refractivity contribution in [3.63, 3.8) is 0 Å². The van der Waals surface area contributed by atoms with Gasteiger partial charge in [-0.15, -0.1) is 0 Å². The molecule has 0 heterocycles. The van der Waals surface area contributed by atoms with E-state index in [1.54, 1.807) is 0 Å². The first kappa shape index (κ1) is 9.67. The van der Waals surface area contributed by atoms with Gasteiger partial charge in [0.15, 0.2) is 0 Å². The van der Waals surface area contributed by atoms with Crippen molar-refractivity contribution in [1.82, 2.24) is 0 Å². The zero-order valence-electron chi connectivity index (χ0n) is 9.66. The molecule has 0 amide bonds. The van der Waals surface area contributed by atoms with Crippen LogP contribution in [0.25, 0.3) is 5.57 Å². The van der Waals surface area contributed by atoms with E-state index in [0.717, 1.165) is 6.42 Å². The van der Waals surface area contributed by atoms with Gasteiger partial charge >= 0.3 is 0 Å². The molecule has 5 atom stereocenters. The molecule has 1 aromatic carbocycles. The molecule has 1 aromatic rings. The highest BCUT2D eigenvalue weighted by molar-refractivity contribution is 5.72. The van der Waals surface area contributed by atoms with Crippen molar-refractivity contribution >= 4 is 5.57 Å². The van der Waals surface area contributed by atoms with Gasteiger partial charge in [-0.1, -0.05) is 48.6 Å². The van der Waals surface area contributed by atoms with Crippen molar-refractivity contribution in [2.45, 2.75) is 12.5 Å². The molecule has 0 aromatic heterocycles. The third kappa shape index (κ3) is 1.23. The summed E-state index contributed by atoms with van der Waals surface area (Å²) >= 11 is 0. The van der Waals surface area contributed by atoms with Crippen molar-refractivity contribution in [3.05, 3.63) is 54.1 Å². The second-order valence-corrected chi connectivity index (χ2v) is 5.52. The summed E-state index contributed by atoms with van der Waals surface area (Å²) in [5.74, 6) is 2.18. The van der Waals surface area contributed by atoms with E-state index >= 15 is 0 Å². The Morgan fingerprint density at radius 2 is 1.88 bits per heavy atom. The molecule has 3 aliphatic rings. The number of benzene rings is 1. The van der Waals surface area contributed by atoms with Crippen LogP contribution in [0.3, 0.4) is 0 Å². The molecular formula is C16H16O. The molecule has 3 aliphatic carbocycles. The van der Waals surface area contributed by atoms with Crippen LogP contribution < -0.4 is 0 Å². The molecule has 86 valence electrons. The van der Waals surface area contributed by atoms with Gasteiger partial charge in [0.25, 0.3) is 0 Å². The Kier molecular flexibility index (Phi) is 1.89. The van der Waals surface area contributed by atoms with E-state index in [9.17, 15) is 5.11 Å². The van der Waals surface area contributed by atoms with E-state index in [1.807, 2.05) is 6.07 Å². The summed E-state index contributed by atoms with van der Waals surface area (Å²) in [6.45, 7) is 0. The number of hydrogen-bond donors (Lipinski definition) is 1. The van der Waals surface area contributed by atoms with Gasteiger partial charge in [0.2, 0.25) is 0 Å². The summed E-state index contributed by atoms with van der Waals surface area (Å²) in [7, 11) is 0. The maximum atomic E-state index is 10.3. The fraction of sp³-hybridized carbons (Fsp3) is 0.375. The average Bonchev–Trinajstić information content (AvgIpc) is 2.98. The fourth-order valence-electron chi connectivity index (χ4n) is 4.06. The Morgan fingerprint density at radius 1 is 1.06 bits per heavy atom. The lowest BCUT2D eigenvalue weighted by atomic mass is 9.86. The van der Waals surface area contributed by atoms with Crippen molar-refractivity contribution in [3.8, 4) is 0 Å². The van der Waals surface area contributed by atoms with Crippen molar-refractivity contribution in [1.29, 1.82) is 0 Å². The molecule has 0 spiro atoms. The molecule has 0 bridgehead atoms. The molecule has 4 rings (SSSR count). The third-order valence-corrected chi connectivity index (χ3v) is 4.70. The number of aliphatic hydroxyl groups excluding tert-OH is 1. The predicted molar refractivity (Wildman–Crippen MR) is 68.1 cm³/mol. The summed E-state index contributed by atoms with van der Waals surface area (Å²) in [5, 5.41) is 10.3. The number of rotatable bonds is 1. The van der Waals surface area contributed by atoms with Crippen molar-refractivity contribution < 1.29 is 5.11 Å². The van der Waals surface area contributed by atoms with E-state index in [1.165, 1.54) is 11.1 Å². The molecule has 1 fully saturated rings. The SMILES string of the molecule is O[C@@H]1C[C@@H]2C=C[C@H]3C=C(c4ccccc4)[C@@H]1[C@H]32. The normalized spacial score (nSPS) is 41.7. The van der Waals surface area contributed by atoms with Gasteiger partial charge in [-0.3, -0.25) is 0 Å². The highest BCUT2D eigenvalue weighted by Gasteiger charge is 2.51. The molecule has 1 N–H and O–H groups in total. The largest absolute Gasteiger partial charge is 0.392 e. The first-order chi connectivity index (χ1) is 8.34. The minimum atomic E-state index is -0.147. The van der Waals surface area contributed by atoms with Crippen LogP contribution in [0.15, 0.2) is 48.6 Å². The minimum Gasteiger partial charge on any atom is -0.392 e. The summed E-state index contributed by atoms with van der Waals surface area (Å²) in [6, 6.07) is 10.5. The van der Waals surface area contributed by atoms with Gasteiger partial charge in [0, 0.05) is 5.92 Å². The van der Waals surface area contributed by atoms with E-state index in [4.69, 9.17) is 0 Å². The van der Waals surface area contributed by atoms with Crippen LogP contribution in [0.1, 0.15) is 12.0 Å². The average molecular weight is 224 g/mol. The molecule has 1 saturated carbocycles. The van der Waals surface area contributed by atoms with Gasteiger partial charge in [-0.05, 0) is 35.3 Å². The van der Waals surface area contributed by atoms with Crippen molar-refractivity contribution in [2.24, 2.45) is 23.7 Å². The monoisotopic (exact) mass is 224 g/mol. The van der Waals surface area contributed by atoms with E-state index < -0.39 is 0 Å². The lowest BCUT2D eigenvalue weighted by Crippen LogP contribution is -2.18. The van der Waals surface area contributed by atoms with Crippen LogP contribution in [0, 0.1) is 23.7 Å². The van der Waals surface area contributed by atoms with E-state index in [0.29, 0.717) is 23.7 Å². The van der Waals surface area contributed by atoms with Crippen LogP contribution in [-0.2, 0) is 0 Å². The maximum Gasteiger partial charge on any atom is 0.0617 e. The maximum absolute atomic E-state index is 10.3. The Hall–Kier alpha value is -1.34. The zero-order valence-corrected chi connectivity index (χ0v) is 9.66. The number of aliphatic hydroxyl groups is 1. The predicted octanol–water partition coefficient (Wildman–Crippen LogP) is 2.88. The van der Waals surface area contributed by atoms with Crippen LogP contribution in [-0.4, -0.2) is 11.2 Å². The lowest BCUT2D eigenvalue weighted by molar-refractivity contribution is 0.146. The van der Waals surface area contributed by atoms with Crippen LogP contribution >= 0.6 is 0 Å². The molecular weight excluding hydrogens is 208 g/mol.